The van der Waals surface area contributed by atoms with Gasteiger partial charge in [-0.2, -0.15) is 5.26 Å². The van der Waals surface area contributed by atoms with Gasteiger partial charge in [-0.15, -0.1) is 0 Å². The highest BCUT2D eigenvalue weighted by atomic mass is 35.5. The molecule has 4 nitrogen and oxygen atoms in total. The summed E-state index contributed by atoms with van der Waals surface area (Å²) in [6, 6.07) is 10.6. The van der Waals surface area contributed by atoms with E-state index in [1.807, 2.05) is 17.0 Å². The van der Waals surface area contributed by atoms with E-state index in [0.717, 1.165) is 48.8 Å². The average molecular weight is 410 g/mol. The van der Waals surface area contributed by atoms with E-state index in [9.17, 15) is 14.4 Å². The molecule has 1 saturated carbocycles. The number of amides is 1. The first-order valence-electron chi connectivity index (χ1n) is 10.1. The van der Waals surface area contributed by atoms with Crippen LogP contribution < -0.4 is 5.32 Å². The molecule has 6 heteroatoms. The summed E-state index contributed by atoms with van der Waals surface area (Å²) < 4.78 is 14.0. The van der Waals surface area contributed by atoms with E-state index in [-0.39, 0.29) is 29.8 Å². The number of nitrogens with one attached hydrogen (secondary N) is 1. The van der Waals surface area contributed by atoms with Gasteiger partial charge in [-0.3, -0.25) is 4.79 Å². The van der Waals surface area contributed by atoms with Gasteiger partial charge in [0.1, 0.15) is 5.82 Å². The van der Waals surface area contributed by atoms with Crippen LogP contribution in [0.2, 0.25) is 5.02 Å². The minimum absolute atomic E-state index is 0.0269. The van der Waals surface area contributed by atoms with Gasteiger partial charge in [-0.25, -0.2) is 4.39 Å². The Labute approximate surface area is 174 Å². The molecule has 1 amide bonds. The van der Waals surface area contributed by atoms with Crippen molar-refractivity contribution in [1.29, 1.82) is 5.26 Å². The number of hydrogen-bond acceptors (Lipinski definition) is 3. The van der Waals surface area contributed by atoms with Gasteiger partial charge in [0.15, 0.2) is 6.19 Å². The first-order chi connectivity index (χ1) is 14.0. The van der Waals surface area contributed by atoms with Crippen molar-refractivity contribution in [2.24, 2.45) is 0 Å². The molecule has 0 aromatic heterocycles. The van der Waals surface area contributed by atoms with Crippen LogP contribution in [0, 0.1) is 17.3 Å². The Hall–Kier alpha value is -2.58. The highest BCUT2D eigenvalue weighted by Gasteiger charge is 2.46. The molecule has 0 radical (unpaired) electrons. The summed E-state index contributed by atoms with van der Waals surface area (Å²) in [6.07, 6.45) is 7.20. The molecule has 1 aliphatic carbocycles. The fraction of sp³-hybridized carbons (Fsp3) is 0.391. The van der Waals surface area contributed by atoms with Gasteiger partial charge in [0.25, 0.3) is 5.91 Å². The third-order valence-corrected chi connectivity index (χ3v) is 6.80. The summed E-state index contributed by atoms with van der Waals surface area (Å²) in [5, 5.41) is 12.7. The van der Waals surface area contributed by atoms with E-state index in [4.69, 9.17) is 11.6 Å². The fourth-order valence-electron chi connectivity index (χ4n) is 4.86. The first-order valence-corrected chi connectivity index (χ1v) is 10.5. The lowest BCUT2D eigenvalue weighted by Crippen LogP contribution is -2.43. The van der Waals surface area contributed by atoms with Gasteiger partial charge in [-0.1, -0.05) is 23.7 Å². The van der Waals surface area contributed by atoms with Gasteiger partial charge in [0.2, 0.25) is 0 Å². The lowest BCUT2D eigenvalue weighted by atomic mass is 9.95. The second kappa shape index (κ2) is 7.03. The molecule has 148 valence electrons. The van der Waals surface area contributed by atoms with Crippen molar-refractivity contribution in [2.75, 3.05) is 0 Å². The number of carbonyl (C=O) groups is 1. The summed E-state index contributed by atoms with van der Waals surface area (Å²) in [5.41, 5.74) is 3.00. The van der Waals surface area contributed by atoms with Crippen LogP contribution in [0.1, 0.15) is 53.9 Å². The quantitative estimate of drug-likeness (QED) is 0.735. The average Bonchev–Trinajstić information content (AvgIpc) is 3.41. The molecular formula is C23H21ClFN3O. The van der Waals surface area contributed by atoms with Crippen molar-refractivity contribution in [2.45, 2.75) is 56.1 Å². The van der Waals surface area contributed by atoms with E-state index in [1.54, 1.807) is 18.2 Å². The number of nitriles is 1. The molecule has 2 aromatic carbocycles. The van der Waals surface area contributed by atoms with Crippen molar-refractivity contribution >= 4 is 17.5 Å². The molecule has 5 rings (SSSR count). The molecule has 0 spiro atoms. The molecule has 3 aliphatic rings. The zero-order valence-electron chi connectivity index (χ0n) is 15.9. The molecule has 3 atom stereocenters. The van der Waals surface area contributed by atoms with Gasteiger partial charge in [0, 0.05) is 6.04 Å². The summed E-state index contributed by atoms with van der Waals surface area (Å²) in [5.74, 6) is -0.0183. The van der Waals surface area contributed by atoms with Gasteiger partial charge >= 0.3 is 0 Å². The van der Waals surface area contributed by atoms with E-state index in [0.29, 0.717) is 16.5 Å². The number of halogens is 2. The molecular weight excluding hydrogens is 389 g/mol. The highest BCUT2D eigenvalue weighted by molar-refractivity contribution is 6.34. The minimum Gasteiger partial charge on any atom is -0.347 e. The first kappa shape index (κ1) is 18.4. The van der Waals surface area contributed by atoms with E-state index >= 15 is 0 Å². The Balaban J connectivity index is 1.35. The molecule has 0 unspecified atom stereocenters. The zero-order valence-corrected chi connectivity index (χ0v) is 16.6. The second-order valence-electron chi connectivity index (χ2n) is 8.36. The lowest BCUT2D eigenvalue weighted by Gasteiger charge is -2.22. The van der Waals surface area contributed by atoms with E-state index in [2.05, 4.69) is 11.5 Å². The van der Waals surface area contributed by atoms with Crippen LogP contribution in [0.5, 0.6) is 0 Å². The number of fused-ring (bicyclic) bond motifs is 2. The molecule has 2 saturated heterocycles. The normalized spacial score (nSPS) is 25.1. The van der Waals surface area contributed by atoms with Gasteiger partial charge < -0.3 is 10.2 Å². The number of rotatable bonds is 4. The molecule has 29 heavy (non-hydrogen) atoms. The Kier molecular flexibility index (Phi) is 4.48. The Bertz CT molecular complexity index is 1030. The topological polar surface area (TPSA) is 56.1 Å². The van der Waals surface area contributed by atoms with Crippen LogP contribution in [-0.2, 0) is 0 Å². The SMILES string of the molecule is N#CN1[C@H]2CC[C@@H]1[C@H](NC(=O)c1ccc(-c3cc(F)cc(C4CC4)c3)cc1Cl)C2. The summed E-state index contributed by atoms with van der Waals surface area (Å²) in [6.45, 7) is 0. The number of carbonyl (C=O) groups excluding carboxylic acids is 1. The highest BCUT2D eigenvalue weighted by Crippen LogP contribution is 2.42. The van der Waals surface area contributed by atoms with Crippen LogP contribution in [0.25, 0.3) is 11.1 Å². The van der Waals surface area contributed by atoms with Crippen LogP contribution >= 0.6 is 11.6 Å². The van der Waals surface area contributed by atoms with Crippen molar-refractivity contribution in [1.82, 2.24) is 10.2 Å². The molecule has 1 N–H and O–H groups in total. The molecule has 2 heterocycles. The van der Waals surface area contributed by atoms with Crippen LogP contribution in [0.15, 0.2) is 36.4 Å². The molecule has 2 bridgehead atoms. The summed E-state index contributed by atoms with van der Waals surface area (Å²) >= 11 is 6.43. The smallest absolute Gasteiger partial charge is 0.253 e. The number of benzene rings is 2. The number of nitrogens with zero attached hydrogens (tertiary/aromatic N) is 2. The van der Waals surface area contributed by atoms with Gasteiger partial charge in [0.05, 0.1) is 22.7 Å². The van der Waals surface area contributed by atoms with Crippen LogP contribution in [-0.4, -0.2) is 28.9 Å². The van der Waals surface area contributed by atoms with Crippen molar-refractivity contribution in [3.8, 4) is 17.3 Å². The van der Waals surface area contributed by atoms with E-state index < -0.39 is 0 Å². The molecule has 2 aromatic rings. The number of hydrogen-bond donors (Lipinski definition) is 1. The largest absolute Gasteiger partial charge is 0.347 e. The maximum Gasteiger partial charge on any atom is 0.253 e. The monoisotopic (exact) mass is 409 g/mol. The lowest BCUT2D eigenvalue weighted by molar-refractivity contribution is 0.0928. The van der Waals surface area contributed by atoms with Gasteiger partial charge in [-0.05, 0) is 79.0 Å². The third kappa shape index (κ3) is 3.36. The maximum absolute atomic E-state index is 14.0. The van der Waals surface area contributed by atoms with Crippen molar-refractivity contribution in [3.63, 3.8) is 0 Å². The molecule has 2 aliphatic heterocycles. The Morgan fingerprint density at radius 3 is 2.66 bits per heavy atom. The fourth-order valence-corrected chi connectivity index (χ4v) is 5.12. The Morgan fingerprint density at radius 1 is 1.14 bits per heavy atom. The van der Waals surface area contributed by atoms with Crippen molar-refractivity contribution < 1.29 is 9.18 Å². The summed E-state index contributed by atoms with van der Waals surface area (Å²) in [7, 11) is 0. The predicted octanol–water partition coefficient (Wildman–Crippen LogP) is 4.84. The minimum atomic E-state index is -0.249. The van der Waals surface area contributed by atoms with E-state index in [1.165, 1.54) is 6.07 Å². The molecule has 3 fully saturated rings. The second-order valence-corrected chi connectivity index (χ2v) is 8.77. The standard InChI is InChI=1S/C23H21ClFN3O/c24-20-10-14(16-7-15(13-1-2-13)8-17(25)9-16)3-5-19(20)23(29)27-21-11-18-4-6-22(21)28(18)12-26/h3,5,7-10,13,18,21-22H,1-2,4,6,11H2,(H,27,29)/t18-,21+,22+/m0/s1. The van der Waals surface area contributed by atoms with Crippen LogP contribution in [0.3, 0.4) is 0 Å². The zero-order chi connectivity index (χ0) is 20.1. The maximum atomic E-state index is 14.0. The Morgan fingerprint density at radius 2 is 1.97 bits per heavy atom. The van der Waals surface area contributed by atoms with Crippen molar-refractivity contribution in [3.05, 3.63) is 58.4 Å². The third-order valence-electron chi connectivity index (χ3n) is 6.48. The van der Waals surface area contributed by atoms with Crippen LogP contribution in [0.4, 0.5) is 4.39 Å². The summed E-state index contributed by atoms with van der Waals surface area (Å²) in [4.78, 5) is 14.6. The predicted molar refractivity (Wildman–Crippen MR) is 109 cm³/mol.